The average Bonchev–Trinajstić information content (AvgIpc) is 3.17. The summed E-state index contributed by atoms with van der Waals surface area (Å²) in [7, 11) is 3.54. The van der Waals surface area contributed by atoms with Gasteiger partial charge in [-0.3, -0.25) is 4.90 Å². The smallest absolute Gasteiger partial charge is 0.222 e. The van der Waals surface area contributed by atoms with E-state index in [0.29, 0.717) is 31.3 Å². The summed E-state index contributed by atoms with van der Waals surface area (Å²) in [4.78, 5) is 2.28. The second-order valence-electron chi connectivity index (χ2n) is 9.12. The number of aromatic nitrogens is 2. The van der Waals surface area contributed by atoms with E-state index < -0.39 is 6.10 Å². The first-order valence-corrected chi connectivity index (χ1v) is 12.3. The van der Waals surface area contributed by atoms with Crippen LogP contribution in [0.25, 0.3) is 11.3 Å². The zero-order valence-corrected chi connectivity index (χ0v) is 21.8. The van der Waals surface area contributed by atoms with Crippen LogP contribution in [-0.2, 0) is 18.3 Å². The fraction of sp³-hybridized carbons (Fsp3) is 0.464. The standard InChI is InChI=1S/C28H39N3O4/c1-7-21(4)31(17-23(32)19-34-20(2)3)18-26-27(22-11-9-8-10-12-22)29-30(5)28(26)35-25-15-13-24(33-6)14-16-25/h8-16,20-21,23,32H,7,17-19H2,1-6H3. The maximum absolute atomic E-state index is 10.7. The summed E-state index contributed by atoms with van der Waals surface area (Å²) in [5.41, 5.74) is 2.88. The molecule has 0 fully saturated rings. The second-order valence-corrected chi connectivity index (χ2v) is 9.12. The number of ether oxygens (including phenoxy) is 3. The van der Waals surface area contributed by atoms with Crippen molar-refractivity contribution in [2.45, 2.75) is 58.9 Å². The summed E-state index contributed by atoms with van der Waals surface area (Å²) in [6.45, 7) is 9.67. The highest BCUT2D eigenvalue weighted by molar-refractivity contribution is 5.65. The van der Waals surface area contributed by atoms with Gasteiger partial charge in [0.05, 0.1) is 31.5 Å². The number of benzene rings is 2. The highest BCUT2D eigenvalue weighted by Crippen LogP contribution is 2.35. The van der Waals surface area contributed by atoms with Gasteiger partial charge in [-0.1, -0.05) is 37.3 Å². The Labute approximate surface area is 209 Å². The molecule has 0 aliphatic carbocycles. The average molecular weight is 482 g/mol. The summed E-state index contributed by atoms with van der Waals surface area (Å²) in [6, 6.07) is 17.9. The molecule has 0 aliphatic heterocycles. The van der Waals surface area contributed by atoms with E-state index in [1.54, 1.807) is 11.8 Å². The van der Waals surface area contributed by atoms with E-state index in [0.717, 1.165) is 29.0 Å². The Kier molecular flexibility index (Phi) is 9.72. The monoisotopic (exact) mass is 481 g/mol. The quantitative estimate of drug-likeness (QED) is 0.358. The summed E-state index contributed by atoms with van der Waals surface area (Å²) < 4.78 is 19.1. The van der Waals surface area contributed by atoms with E-state index in [1.807, 2.05) is 63.4 Å². The summed E-state index contributed by atoms with van der Waals surface area (Å²) in [5.74, 6) is 2.15. The summed E-state index contributed by atoms with van der Waals surface area (Å²) in [6.07, 6.45) is 0.441. The number of hydrogen-bond acceptors (Lipinski definition) is 6. The Morgan fingerprint density at radius 3 is 2.26 bits per heavy atom. The molecular weight excluding hydrogens is 442 g/mol. The molecule has 2 atom stereocenters. The normalized spacial score (nSPS) is 13.3. The number of nitrogens with zero attached hydrogens (tertiary/aromatic N) is 3. The van der Waals surface area contributed by atoms with Crippen molar-refractivity contribution in [1.82, 2.24) is 14.7 Å². The minimum Gasteiger partial charge on any atom is -0.497 e. The first-order valence-electron chi connectivity index (χ1n) is 12.3. The molecule has 7 heteroatoms. The molecule has 0 saturated heterocycles. The van der Waals surface area contributed by atoms with Gasteiger partial charge in [0, 0.05) is 31.7 Å². The van der Waals surface area contributed by atoms with Crippen LogP contribution in [0.3, 0.4) is 0 Å². The van der Waals surface area contributed by atoms with Crippen molar-refractivity contribution in [1.29, 1.82) is 0 Å². The van der Waals surface area contributed by atoms with Crippen LogP contribution in [0.4, 0.5) is 0 Å². The SMILES string of the molecule is CCC(C)N(Cc1c(-c2ccccc2)nn(C)c1Oc1ccc(OC)cc1)CC(O)COC(C)C. The lowest BCUT2D eigenvalue weighted by Gasteiger charge is -2.31. The van der Waals surface area contributed by atoms with Crippen molar-refractivity contribution < 1.29 is 19.3 Å². The van der Waals surface area contributed by atoms with Gasteiger partial charge < -0.3 is 19.3 Å². The number of hydrogen-bond donors (Lipinski definition) is 1. The van der Waals surface area contributed by atoms with Crippen LogP contribution < -0.4 is 9.47 Å². The van der Waals surface area contributed by atoms with Crippen LogP contribution in [0.15, 0.2) is 54.6 Å². The number of aliphatic hydroxyl groups excluding tert-OH is 1. The van der Waals surface area contributed by atoms with Crippen molar-refractivity contribution in [3.8, 4) is 28.6 Å². The van der Waals surface area contributed by atoms with Crippen LogP contribution in [0.5, 0.6) is 17.4 Å². The molecule has 0 radical (unpaired) electrons. The zero-order chi connectivity index (χ0) is 25.4. The van der Waals surface area contributed by atoms with Crippen molar-refractivity contribution in [3.63, 3.8) is 0 Å². The zero-order valence-electron chi connectivity index (χ0n) is 21.8. The van der Waals surface area contributed by atoms with Crippen molar-refractivity contribution >= 4 is 0 Å². The number of methoxy groups -OCH3 is 1. The Balaban J connectivity index is 1.96. The Hall–Kier alpha value is -2.87. The molecule has 1 heterocycles. The molecule has 0 bridgehead atoms. The molecule has 2 unspecified atom stereocenters. The lowest BCUT2D eigenvalue weighted by Crippen LogP contribution is -2.40. The number of aryl methyl sites for hydroxylation is 1. The maximum Gasteiger partial charge on any atom is 0.222 e. The van der Waals surface area contributed by atoms with Crippen LogP contribution in [0.1, 0.15) is 39.7 Å². The molecule has 2 aromatic carbocycles. The topological polar surface area (TPSA) is 69.0 Å². The van der Waals surface area contributed by atoms with E-state index >= 15 is 0 Å². The van der Waals surface area contributed by atoms with Crippen LogP contribution in [0.2, 0.25) is 0 Å². The van der Waals surface area contributed by atoms with Gasteiger partial charge in [0.15, 0.2) is 0 Å². The molecule has 7 nitrogen and oxygen atoms in total. The Morgan fingerprint density at radius 2 is 1.66 bits per heavy atom. The van der Waals surface area contributed by atoms with Crippen LogP contribution >= 0.6 is 0 Å². The van der Waals surface area contributed by atoms with Gasteiger partial charge in [-0.2, -0.15) is 5.10 Å². The van der Waals surface area contributed by atoms with Crippen molar-refractivity contribution in [3.05, 3.63) is 60.2 Å². The highest BCUT2D eigenvalue weighted by Gasteiger charge is 2.25. The molecular formula is C28H39N3O4. The van der Waals surface area contributed by atoms with Crippen molar-refractivity contribution in [2.75, 3.05) is 20.3 Å². The second kappa shape index (κ2) is 12.7. The van der Waals surface area contributed by atoms with E-state index in [1.165, 1.54) is 0 Å². The van der Waals surface area contributed by atoms with Gasteiger partial charge in [0.2, 0.25) is 5.88 Å². The van der Waals surface area contributed by atoms with E-state index in [-0.39, 0.29) is 12.1 Å². The van der Waals surface area contributed by atoms with Gasteiger partial charge >= 0.3 is 0 Å². The van der Waals surface area contributed by atoms with Crippen LogP contribution in [-0.4, -0.2) is 58.3 Å². The van der Waals surface area contributed by atoms with Crippen molar-refractivity contribution in [2.24, 2.45) is 7.05 Å². The maximum atomic E-state index is 10.7. The minimum atomic E-state index is -0.589. The summed E-state index contributed by atoms with van der Waals surface area (Å²) in [5, 5.41) is 15.5. The molecule has 3 rings (SSSR count). The van der Waals surface area contributed by atoms with Gasteiger partial charge in [-0.05, 0) is 51.5 Å². The lowest BCUT2D eigenvalue weighted by atomic mass is 10.1. The predicted octanol–water partition coefficient (Wildman–Crippen LogP) is 5.27. The molecule has 0 aliphatic rings. The molecule has 0 saturated carbocycles. The third-order valence-electron chi connectivity index (χ3n) is 6.05. The molecule has 35 heavy (non-hydrogen) atoms. The van der Waals surface area contributed by atoms with Gasteiger partial charge in [0.1, 0.15) is 17.2 Å². The fourth-order valence-corrected chi connectivity index (χ4v) is 3.89. The van der Waals surface area contributed by atoms with E-state index in [4.69, 9.17) is 19.3 Å². The molecule has 1 aromatic heterocycles. The number of aliphatic hydroxyl groups is 1. The fourth-order valence-electron chi connectivity index (χ4n) is 3.89. The Bertz CT molecular complexity index is 1030. The third-order valence-corrected chi connectivity index (χ3v) is 6.05. The highest BCUT2D eigenvalue weighted by atomic mass is 16.5. The van der Waals surface area contributed by atoms with Gasteiger partial charge in [-0.15, -0.1) is 0 Å². The minimum absolute atomic E-state index is 0.0780. The first kappa shape index (κ1) is 26.7. The summed E-state index contributed by atoms with van der Waals surface area (Å²) >= 11 is 0. The first-order chi connectivity index (χ1) is 16.8. The van der Waals surface area contributed by atoms with Gasteiger partial charge in [-0.25, -0.2) is 4.68 Å². The predicted molar refractivity (Wildman–Crippen MR) is 139 cm³/mol. The van der Waals surface area contributed by atoms with E-state index in [2.05, 4.69) is 30.9 Å². The lowest BCUT2D eigenvalue weighted by molar-refractivity contribution is -0.0149. The third kappa shape index (κ3) is 7.31. The van der Waals surface area contributed by atoms with Gasteiger partial charge in [0.25, 0.3) is 0 Å². The molecule has 190 valence electrons. The number of rotatable bonds is 13. The molecule has 0 amide bonds. The molecule has 0 spiro atoms. The molecule has 1 N–H and O–H groups in total. The molecule has 3 aromatic rings. The Morgan fingerprint density at radius 1 is 1.00 bits per heavy atom. The van der Waals surface area contributed by atoms with E-state index in [9.17, 15) is 5.11 Å². The largest absolute Gasteiger partial charge is 0.497 e. The van der Waals surface area contributed by atoms with Crippen LogP contribution in [0, 0.1) is 0 Å².